The minimum Gasteiger partial charge on any atom is -0.489 e. The van der Waals surface area contributed by atoms with Crippen LogP contribution in [0.15, 0.2) is 47.2 Å². The van der Waals surface area contributed by atoms with Crippen molar-refractivity contribution in [1.29, 1.82) is 15.8 Å². The zero-order valence-corrected chi connectivity index (χ0v) is 20.1. The first-order valence-electron chi connectivity index (χ1n) is 10.8. The summed E-state index contributed by atoms with van der Waals surface area (Å²) in [6.45, 7) is 4.33. The Labute approximate surface area is 203 Å². The number of hydrogen-bond acceptors (Lipinski definition) is 6. The van der Waals surface area contributed by atoms with Crippen molar-refractivity contribution in [1.82, 2.24) is 0 Å². The molecule has 0 radical (unpaired) electrons. The third-order valence-corrected chi connectivity index (χ3v) is 8.08. The molecule has 5 nitrogen and oxygen atoms in total. The number of allylic oxidation sites excluding steroid dienone is 4. The minimum absolute atomic E-state index is 0.0741. The van der Waals surface area contributed by atoms with Crippen LogP contribution in [0, 0.1) is 59.2 Å². The maximum atomic E-state index is 10.2. The Hall–Kier alpha value is -3.24. The molecule has 0 unspecified atom stereocenters. The summed E-state index contributed by atoms with van der Waals surface area (Å²) in [6, 6.07) is 14.1. The maximum absolute atomic E-state index is 10.2. The second-order valence-electron chi connectivity index (χ2n) is 8.54. The van der Waals surface area contributed by atoms with Gasteiger partial charge in [0.25, 0.3) is 0 Å². The van der Waals surface area contributed by atoms with Crippen LogP contribution in [-0.4, -0.2) is 0 Å². The van der Waals surface area contributed by atoms with E-state index in [9.17, 15) is 15.8 Å². The van der Waals surface area contributed by atoms with Crippen molar-refractivity contribution >= 4 is 22.9 Å². The Morgan fingerprint density at radius 3 is 2.64 bits per heavy atom. The fourth-order valence-corrected chi connectivity index (χ4v) is 6.45. The third kappa shape index (κ3) is 3.79. The molecule has 1 aromatic heterocycles. The van der Waals surface area contributed by atoms with Crippen LogP contribution in [0.25, 0.3) is 0 Å². The highest BCUT2D eigenvalue weighted by Gasteiger charge is 2.54. The first kappa shape index (κ1) is 22.9. The van der Waals surface area contributed by atoms with Crippen molar-refractivity contribution < 1.29 is 4.74 Å². The lowest BCUT2D eigenvalue weighted by atomic mass is 9.58. The lowest BCUT2D eigenvalue weighted by Gasteiger charge is -2.42. The fraction of sp³-hybridized carbons (Fsp3) is 0.346. The molecule has 0 aliphatic heterocycles. The average molecular weight is 475 g/mol. The van der Waals surface area contributed by atoms with Gasteiger partial charge in [0.2, 0.25) is 0 Å². The van der Waals surface area contributed by atoms with Crippen LogP contribution < -0.4 is 10.5 Å². The Morgan fingerprint density at radius 2 is 1.97 bits per heavy atom. The zero-order chi connectivity index (χ0) is 23.8. The summed E-state index contributed by atoms with van der Waals surface area (Å²) in [5.41, 5.74) is 8.01. The highest BCUT2D eigenvalue weighted by atomic mass is 35.5. The van der Waals surface area contributed by atoms with Gasteiger partial charge in [0, 0.05) is 26.3 Å². The van der Waals surface area contributed by atoms with Crippen molar-refractivity contribution in [2.75, 3.05) is 0 Å². The molecule has 2 aliphatic rings. The van der Waals surface area contributed by atoms with E-state index in [1.165, 1.54) is 0 Å². The monoisotopic (exact) mass is 474 g/mol. The molecule has 7 heteroatoms. The SMILES string of the molecule is Cc1cc(Cl)ccc1OCc1cc([C@@H]2[C@@H]3CCCC=C3C(C#N)=C(N)C2(C#N)C#N)sc1C. The normalized spacial score (nSPS) is 21.3. The molecule has 1 aromatic carbocycles. The van der Waals surface area contributed by atoms with Gasteiger partial charge in [0.1, 0.15) is 18.4 Å². The molecule has 0 fully saturated rings. The van der Waals surface area contributed by atoms with Crippen molar-refractivity contribution in [2.24, 2.45) is 17.1 Å². The third-order valence-electron chi connectivity index (χ3n) is 6.67. The van der Waals surface area contributed by atoms with Gasteiger partial charge < -0.3 is 10.5 Å². The van der Waals surface area contributed by atoms with Crippen LogP contribution in [0.5, 0.6) is 5.75 Å². The summed E-state index contributed by atoms with van der Waals surface area (Å²) >= 11 is 7.62. The van der Waals surface area contributed by atoms with Crippen LogP contribution >= 0.6 is 22.9 Å². The van der Waals surface area contributed by atoms with E-state index in [0.717, 1.165) is 51.5 Å². The van der Waals surface area contributed by atoms with Gasteiger partial charge in [-0.05, 0) is 74.4 Å². The van der Waals surface area contributed by atoms with Gasteiger partial charge in [0.05, 0.1) is 23.4 Å². The summed E-state index contributed by atoms with van der Waals surface area (Å²) in [4.78, 5) is 2.00. The predicted molar refractivity (Wildman–Crippen MR) is 128 cm³/mol. The summed E-state index contributed by atoms with van der Waals surface area (Å²) < 4.78 is 6.06. The molecule has 166 valence electrons. The molecule has 0 saturated heterocycles. The van der Waals surface area contributed by atoms with Gasteiger partial charge in [-0.25, -0.2) is 0 Å². The molecule has 0 amide bonds. The largest absolute Gasteiger partial charge is 0.489 e. The number of hydrogen-bond donors (Lipinski definition) is 1. The number of rotatable bonds is 4. The minimum atomic E-state index is -1.58. The second kappa shape index (κ2) is 8.95. The van der Waals surface area contributed by atoms with Crippen LogP contribution in [-0.2, 0) is 6.61 Å². The molecule has 2 atom stereocenters. The number of nitrogens with two attached hydrogens (primary N) is 1. The molecule has 2 aliphatic carbocycles. The van der Waals surface area contributed by atoms with Crippen molar-refractivity contribution in [2.45, 2.75) is 45.6 Å². The van der Waals surface area contributed by atoms with E-state index in [0.29, 0.717) is 17.2 Å². The molecular formula is C26H23ClN4OS. The van der Waals surface area contributed by atoms with Crippen LogP contribution in [0.2, 0.25) is 5.02 Å². The van der Waals surface area contributed by atoms with Gasteiger partial charge >= 0.3 is 0 Å². The van der Waals surface area contributed by atoms with E-state index in [4.69, 9.17) is 22.1 Å². The van der Waals surface area contributed by atoms with Gasteiger partial charge in [-0.1, -0.05) is 17.7 Å². The van der Waals surface area contributed by atoms with Crippen molar-refractivity contribution in [3.63, 3.8) is 0 Å². The molecule has 33 heavy (non-hydrogen) atoms. The van der Waals surface area contributed by atoms with E-state index in [1.807, 2.05) is 32.0 Å². The zero-order valence-electron chi connectivity index (χ0n) is 18.5. The Bertz CT molecular complexity index is 1290. The number of nitrogens with zero attached hydrogens (tertiary/aromatic N) is 3. The van der Waals surface area contributed by atoms with E-state index < -0.39 is 11.3 Å². The van der Waals surface area contributed by atoms with Gasteiger partial charge in [0.15, 0.2) is 5.41 Å². The Morgan fingerprint density at radius 1 is 1.21 bits per heavy atom. The topological polar surface area (TPSA) is 107 Å². The number of nitriles is 3. The highest BCUT2D eigenvalue weighted by molar-refractivity contribution is 7.12. The van der Waals surface area contributed by atoms with Crippen LogP contribution in [0.4, 0.5) is 0 Å². The molecule has 1 heterocycles. The van der Waals surface area contributed by atoms with Crippen LogP contribution in [0.3, 0.4) is 0 Å². The summed E-state index contributed by atoms with van der Waals surface area (Å²) in [6.07, 6.45) is 4.68. The number of benzene rings is 1. The number of fused-ring (bicyclic) bond motifs is 1. The fourth-order valence-electron chi connectivity index (χ4n) is 4.95. The second-order valence-corrected chi connectivity index (χ2v) is 10.3. The quantitative estimate of drug-likeness (QED) is 0.568. The molecule has 0 spiro atoms. The lowest BCUT2D eigenvalue weighted by molar-refractivity contribution is 0.302. The summed E-state index contributed by atoms with van der Waals surface area (Å²) in [5, 5.41) is 30.8. The molecule has 2 N–H and O–H groups in total. The first-order valence-corrected chi connectivity index (χ1v) is 12.0. The smallest absolute Gasteiger partial charge is 0.192 e. The molecule has 2 aromatic rings. The molecule has 4 rings (SSSR count). The lowest BCUT2D eigenvalue weighted by Crippen LogP contribution is -2.42. The van der Waals surface area contributed by atoms with Crippen LogP contribution in [0.1, 0.15) is 46.1 Å². The van der Waals surface area contributed by atoms with Crippen molar-refractivity contribution in [3.8, 4) is 24.0 Å². The maximum Gasteiger partial charge on any atom is 0.192 e. The standard InChI is InChI=1S/C26H23ClN4OS/c1-15-9-18(27)7-8-22(15)32-12-17-10-23(33-16(17)2)24-20-6-4-3-5-19(20)21(11-28)25(31)26(24,13-29)14-30/h5,7-10,20,24H,3-4,6,12,31H2,1-2H3/t20-,24+/m1/s1. The summed E-state index contributed by atoms with van der Waals surface area (Å²) in [7, 11) is 0. The molecule has 0 saturated carbocycles. The number of aryl methyl sites for hydroxylation is 2. The average Bonchev–Trinajstić information content (AvgIpc) is 3.17. The van der Waals surface area contributed by atoms with Gasteiger partial charge in [-0.15, -0.1) is 11.3 Å². The Balaban J connectivity index is 1.75. The Kier molecular flexibility index (Phi) is 6.22. The number of ether oxygens (including phenoxy) is 1. The number of thiophene rings is 1. The highest BCUT2D eigenvalue weighted by Crippen LogP contribution is 2.57. The summed E-state index contributed by atoms with van der Waals surface area (Å²) in [5.74, 6) is 0.243. The van der Waals surface area contributed by atoms with Gasteiger partial charge in [-0.2, -0.15) is 15.8 Å². The van der Waals surface area contributed by atoms with Crippen molar-refractivity contribution in [3.05, 3.63) is 73.1 Å². The van der Waals surface area contributed by atoms with E-state index in [2.05, 4.69) is 24.3 Å². The predicted octanol–water partition coefficient (Wildman–Crippen LogP) is 6.19. The number of halogens is 1. The van der Waals surface area contributed by atoms with Gasteiger partial charge in [-0.3, -0.25) is 0 Å². The van der Waals surface area contributed by atoms with E-state index >= 15 is 0 Å². The van der Waals surface area contributed by atoms with E-state index in [-0.39, 0.29) is 11.6 Å². The molecule has 0 bridgehead atoms. The molecular weight excluding hydrogens is 452 g/mol. The van der Waals surface area contributed by atoms with E-state index in [1.54, 1.807) is 17.4 Å². The first-order chi connectivity index (χ1) is 15.9.